The first-order valence-corrected chi connectivity index (χ1v) is 8.66. The molecule has 3 unspecified atom stereocenters. The van der Waals surface area contributed by atoms with Crippen molar-refractivity contribution in [2.75, 3.05) is 0 Å². The molecule has 0 aromatic carbocycles. The molecule has 0 amide bonds. The molecule has 1 aromatic heterocycles. The van der Waals surface area contributed by atoms with Gasteiger partial charge in [0, 0.05) is 13.1 Å². The van der Waals surface area contributed by atoms with E-state index < -0.39 is 10.0 Å². The van der Waals surface area contributed by atoms with Gasteiger partial charge in [0.1, 0.15) is 0 Å². The van der Waals surface area contributed by atoms with Gasteiger partial charge in [-0.2, -0.15) is 0 Å². The quantitative estimate of drug-likeness (QED) is 0.899. The molecule has 0 bridgehead atoms. The molecule has 3 atom stereocenters. The van der Waals surface area contributed by atoms with E-state index in [-0.39, 0.29) is 15.7 Å². The molecular weight excluding hydrogens is 332 g/mol. The highest BCUT2D eigenvalue weighted by molar-refractivity contribution is 9.10. The lowest BCUT2D eigenvalue weighted by Gasteiger charge is -2.32. The number of halogens is 1. The molecule has 2 rings (SSSR count). The summed E-state index contributed by atoms with van der Waals surface area (Å²) >= 11 is 3.13. The standard InChI is InChI=1S/C11H19BrN4O2S/c1-7-4-5-9(8(2)6-7)14-19(17,18)11-10(12)13-15-16(11)3/h7-9,14H,4-6H2,1-3H3. The highest BCUT2D eigenvalue weighted by Gasteiger charge is 2.32. The van der Waals surface area contributed by atoms with Crippen molar-refractivity contribution in [3.8, 4) is 0 Å². The minimum Gasteiger partial charge on any atom is -0.235 e. The van der Waals surface area contributed by atoms with Gasteiger partial charge in [0.05, 0.1) is 0 Å². The average Bonchev–Trinajstić information content (AvgIpc) is 2.63. The Morgan fingerprint density at radius 3 is 2.58 bits per heavy atom. The summed E-state index contributed by atoms with van der Waals surface area (Å²) in [5.74, 6) is 1.01. The SMILES string of the molecule is CC1CCC(NS(=O)(=O)c2c(Br)nnn2C)C(C)C1. The fraction of sp³-hybridized carbons (Fsp3) is 0.818. The van der Waals surface area contributed by atoms with Crippen LogP contribution in [0.5, 0.6) is 0 Å². The summed E-state index contributed by atoms with van der Waals surface area (Å²) in [4.78, 5) is 0. The number of aryl methyl sites for hydroxylation is 1. The van der Waals surface area contributed by atoms with Gasteiger partial charge in [0.15, 0.2) is 4.60 Å². The minimum absolute atomic E-state index is 0.0111. The van der Waals surface area contributed by atoms with Gasteiger partial charge in [0.25, 0.3) is 10.0 Å². The summed E-state index contributed by atoms with van der Waals surface area (Å²) in [6, 6.07) is -0.0111. The van der Waals surface area contributed by atoms with E-state index in [9.17, 15) is 8.42 Å². The number of nitrogens with zero attached hydrogens (tertiary/aromatic N) is 3. The van der Waals surface area contributed by atoms with Gasteiger partial charge in [-0.1, -0.05) is 19.1 Å². The molecule has 108 valence electrons. The van der Waals surface area contributed by atoms with Crippen LogP contribution < -0.4 is 4.72 Å². The van der Waals surface area contributed by atoms with Gasteiger partial charge in [-0.25, -0.2) is 17.8 Å². The monoisotopic (exact) mass is 350 g/mol. The second-order valence-electron chi connectivity index (χ2n) is 5.43. The lowest BCUT2D eigenvalue weighted by molar-refractivity contribution is 0.249. The molecule has 1 fully saturated rings. The third-order valence-electron chi connectivity index (χ3n) is 3.73. The van der Waals surface area contributed by atoms with Crippen LogP contribution in [0.15, 0.2) is 9.63 Å². The molecular formula is C11H19BrN4O2S. The van der Waals surface area contributed by atoms with Crippen molar-refractivity contribution in [3.63, 3.8) is 0 Å². The van der Waals surface area contributed by atoms with Crippen LogP contribution in [0, 0.1) is 11.8 Å². The largest absolute Gasteiger partial charge is 0.260 e. The van der Waals surface area contributed by atoms with Crippen molar-refractivity contribution < 1.29 is 8.42 Å². The first-order chi connectivity index (χ1) is 8.81. The lowest BCUT2D eigenvalue weighted by atomic mass is 9.80. The lowest BCUT2D eigenvalue weighted by Crippen LogP contribution is -2.42. The minimum atomic E-state index is -3.59. The zero-order valence-electron chi connectivity index (χ0n) is 11.3. The Labute approximate surface area is 122 Å². The number of sulfonamides is 1. The summed E-state index contributed by atoms with van der Waals surface area (Å²) in [6.45, 7) is 4.31. The Kier molecular flexibility index (Phi) is 4.32. The van der Waals surface area contributed by atoms with E-state index in [1.807, 2.05) is 0 Å². The van der Waals surface area contributed by atoms with E-state index >= 15 is 0 Å². The Balaban J connectivity index is 2.18. The Bertz CT molecular complexity index is 538. The molecule has 0 saturated heterocycles. The molecule has 19 heavy (non-hydrogen) atoms. The smallest absolute Gasteiger partial charge is 0.235 e. The van der Waals surface area contributed by atoms with Crippen LogP contribution in [-0.2, 0) is 17.1 Å². The molecule has 0 spiro atoms. The summed E-state index contributed by atoms with van der Waals surface area (Å²) in [7, 11) is -2.02. The number of nitrogens with one attached hydrogen (secondary N) is 1. The maximum absolute atomic E-state index is 12.4. The van der Waals surface area contributed by atoms with Crippen LogP contribution in [0.25, 0.3) is 0 Å². The van der Waals surface area contributed by atoms with E-state index in [4.69, 9.17) is 0 Å². The predicted molar refractivity (Wildman–Crippen MR) is 75.0 cm³/mol. The van der Waals surface area contributed by atoms with Crippen molar-refractivity contribution in [1.82, 2.24) is 19.7 Å². The van der Waals surface area contributed by atoms with Crippen LogP contribution in [0.4, 0.5) is 0 Å². The van der Waals surface area contributed by atoms with E-state index in [0.717, 1.165) is 19.3 Å². The van der Waals surface area contributed by atoms with E-state index in [1.165, 1.54) is 4.68 Å². The fourth-order valence-electron chi connectivity index (χ4n) is 2.70. The molecule has 1 aliphatic rings. The van der Waals surface area contributed by atoms with Gasteiger partial charge in [-0.3, -0.25) is 0 Å². The maximum Gasteiger partial charge on any atom is 0.260 e. The van der Waals surface area contributed by atoms with Gasteiger partial charge in [0.2, 0.25) is 5.03 Å². The van der Waals surface area contributed by atoms with Gasteiger partial charge >= 0.3 is 0 Å². The van der Waals surface area contributed by atoms with Crippen molar-refractivity contribution in [1.29, 1.82) is 0 Å². The first kappa shape index (κ1) is 14.9. The average molecular weight is 351 g/mol. The maximum atomic E-state index is 12.4. The molecule has 1 heterocycles. The Morgan fingerprint density at radius 1 is 1.37 bits per heavy atom. The number of rotatable bonds is 3. The molecule has 1 N–H and O–H groups in total. The number of aromatic nitrogens is 3. The summed E-state index contributed by atoms with van der Waals surface area (Å²) < 4.78 is 29.1. The Morgan fingerprint density at radius 2 is 2.05 bits per heavy atom. The second kappa shape index (κ2) is 5.49. The number of hydrogen-bond donors (Lipinski definition) is 1. The number of hydrogen-bond acceptors (Lipinski definition) is 4. The molecule has 1 aromatic rings. The summed E-state index contributed by atoms with van der Waals surface area (Å²) in [6.07, 6.45) is 2.99. The summed E-state index contributed by atoms with van der Waals surface area (Å²) in [5.41, 5.74) is 0. The van der Waals surface area contributed by atoms with Crippen LogP contribution >= 0.6 is 15.9 Å². The Hall–Kier alpha value is -0.470. The molecule has 6 nitrogen and oxygen atoms in total. The first-order valence-electron chi connectivity index (χ1n) is 6.38. The topological polar surface area (TPSA) is 76.9 Å². The van der Waals surface area contributed by atoms with E-state index in [0.29, 0.717) is 11.8 Å². The third-order valence-corrected chi connectivity index (χ3v) is 6.11. The van der Waals surface area contributed by atoms with Crippen molar-refractivity contribution in [2.45, 2.75) is 44.2 Å². The van der Waals surface area contributed by atoms with Gasteiger partial charge < -0.3 is 0 Å². The van der Waals surface area contributed by atoms with Crippen molar-refractivity contribution >= 4 is 26.0 Å². The molecule has 1 saturated carbocycles. The zero-order valence-corrected chi connectivity index (χ0v) is 13.7. The molecule has 8 heteroatoms. The zero-order chi connectivity index (χ0) is 14.2. The van der Waals surface area contributed by atoms with Crippen LogP contribution in [0.3, 0.4) is 0 Å². The fourth-order valence-corrected chi connectivity index (χ4v) is 5.18. The normalized spacial score (nSPS) is 28.5. The van der Waals surface area contributed by atoms with Crippen LogP contribution in [0.1, 0.15) is 33.1 Å². The highest BCUT2D eigenvalue weighted by Crippen LogP contribution is 2.30. The van der Waals surface area contributed by atoms with Crippen molar-refractivity contribution in [3.05, 3.63) is 4.60 Å². The van der Waals surface area contributed by atoms with Gasteiger partial charge in [-0.05, 0) is 47.0 Å². The van der Waals surface area contributed by atoms with Gasteiger partial charge in [-0.15, -0.1) is 5.10 Å². The third kappa shape index (κ3) is 3.17. The molecule has 1 aliphatic carbocycles. The van der Waals surface area contributed by atoms with E-state index in [1.54, 1.807) is 7.05 Å². The second-order valence-corrected chi connectivity index (χ2v) is 7.81. The highest BCUT2D eigenvalue weighted by atomic mass is 79.9. The van der Waals surface area contributed by atoms with Crippen LogP contribution in [-0.4, -0.2) is 29.5 Å². The predicted octanol–water partition coefficient (Wildman–Crippen LogP) is 1.68. The molecule has 0 radical (unpaired) electrons. The van der Waals surface area contributed by atoms with Crippen LogP contribution in [0.2, 0.25) is 0 Å². The molecule has 0 aliphatic heterocycles. The van der Waals surface area contributed by atoms with Crippen molar-refractivity contribution in [2.24, 2.45) is 18.9 Å². The van der Waals surface area contributed by atoms with E-state index in [2.05, 4.69) is 44.8 Å². The summed E-state index contributed by atoms with van der Waals surface area (Å²) in [5, 5.41) is 7.51.